The van der Waals surface area contributed by atoms with E-state index in [1.165, 1.54) is 6.07 Å². The fraction of sp³-hybridized carbons (Fsp3) is 0.154. The fourth-order valence-corrected chi connectivity index (χ4v) is 1.93. The second kappa shape index (κ2) is 5.33. The minimum atomic E-state index is -0.444. The molecular formula is C13H13ClFN3. The van der Waals surface area contributed by atoms with Crippen molar-refractivity contribution in [1.82, 2.24) is 4.98 Å². The van der Waals surface area contributed by atoms with Crippen LogP contribution in [-0.4, -0.2) is 4.98 Å². The van der Waals surface area contributed by atoms with Gasteiger partial charge in [0.05, 0.1) is 5.02 Å². The number of aromatic nitrogens is 1. The van der Waals surface area contributed by atoms with Crippen LogP contribution in [0, 0.1) is 5.82 Å². The van der Waals surface area contributed by atoms with Gasteiger partial charge in [-0.2, -0.15) is 0 Å². The first-order valence-electron chi connectivity index (χ1n) is 5.47. The van der Waals surface area contributed by atoms with Gasteiger partial charge in [0.15, 0.2) is 0 Å². The van der Waals surface area contributed by atoms with Gasteiger partial charge >= 0.3 is 0 Å². The standard InChI is InChI=1S/C13H13ClFN3/c14-10-7-9(1-2-11(10)15)12(16)5-8-3-4-18-13(17)6-8/h1-4,6-7,12H,5,16H2,(H2,17,18). The summed E-state index contributed by atoms with van der Waals surface area (Å²) in [5.41, 5.74) is 13.4. The molecule has 0 bridgehead atoms. The summed E-state index contributed by atoms with van der Waals surface area (Å²) in [4.78, 5) is 3.91. The highest BCUT2D eigenvalue weighted by Gasteiger charge is 2.10. The minimum Gasteiger partial charge on any atom is -0.384 e. The van der Waals surface area contributed by atoms with Gasteiger partial charge in [-0.1, -0.05) is 17.7 Å². The third kappa shape index (κ3) is 2.97. The van der Waals surface area contributed by atoms with Crippen LogP contribution >= 0.6 is 11.6 Å². The maximum absolute atomic E-state index is 13.0. The molecule has 0 fully saturated rings. The zero-order valence-corrected chi connectivity index (χ0v) is 10.4. The number of nitrogen functional groups attached to an aromatic ring is 1. The average molecular weight is 266 g/mol. The van der Waals surface area contributed by atoms with Crippen LogP contribution in [0.25, 0.3) is 0 Å². The number of pyridine rings is 1. The Morgan fingerprint density at radius 2 is 2.06 bits per heavy atom. The Morgan fingerprint density at radius 3 is 2.72 bits per heavy atom. The molecule has 2 rings (SSSR count). The van der Waals surface area contributed by atoms with Gasteiger partial charge < -0.3 is 11.5 Å². The van der Waals surface area contributed by atoms with Crippen LogP contribution in [-0.2, 0) is 6.42 Å². The van der Waals surface area contributed by atoms with E-state index in [1.807, 2.05) is 6.07 Å². The first kappa shape index (κ1) is 12.8. The molecule has 0 amide bonds. The van der Waals surface area contributed by atoms with Crippen LogP contribution in [0.1, 0.15) is 17.2 Å². The molecule has 1 aromatic carbocycles. The van der Waals surface area contributed by atoms with Crippen molar-refractivity contribution in [3.63, 3.8) is 0 Å². The van der Waals surface area contributed by atoms with Gasteiger partial charge in [0, 0.05) is 12.2 Å². The first-order chi connectivity index (χ1) is 8.56. The highest BCUT2D eigenvalue weighted by atomic mass is 35.5. The number of hydrogen-bond donors (Lipinski definition) is 2. The molecule has 1 unspecified atom stereocenters. The van der Waals surface area contributed by atoms with Gasteiger partial charge in [-0.05, 0) is 41.8 Å². The van der Waals surface area contributed by atoms with Gasteiger partial charge in [0.25, 0.3) is 0 Å². The third-order valence-corrected chi connectivity index (χ3v) is 2.96. The van der Waals surface area contributed by atoms with Crippen LogP contribution < -0.4 is 11.5 Å². The van der Waals surface area contributed by atoms with Crippen LogP contribution in [0.15, 0.2) is 36.5 Å². The van der Waals surface area contributed by atoms with Gasteiger partial charge in [-0.15, -0.1) is 0 Å². The van der Waals surface area contributed by atoms with Crippen molar-refractivity contribution in [3.05, 3.63) is 58.5 Å². The molecule has 0 saturated carbocycles. The normalized spacial score (nSPS) is 12.4. The SMILES string of the molecule is Nc1cc(CC(N)c2ccc(F)c(Cl)c2)ccn1. The molecule has 0 radical (unpaired) electrons. The topological polar surface area (TPSA) is 64.9 Å². The maximum atomic E-state index is 13.0. The number of anilines is 1. The summed E-state index contributed by atoms with van der Waals surface area (Å²) in [7, 11) is 0. The average Bonchev–Trinajstić information content (AvgIpc) is 2.32. The molecule has 0 saturated heterocycles. The molecule has 0 aliphatic carbocycles. The molecule has 3 nitrogen and oxygen atoms in total. The third-order valence-electron chi connectivity index (χ3n) is 2.67. The number of benzene rings is 1. The predicted molar refractivity (Wildman–Crippen MR) is 70.7 cm³/mol. The number of hydrogen-bond acceptors (Lipinski definition) is 3. The molecule has 0 spiro atoms. The summed E-state index contributed by atoms with van der Waals surface area (Å²) in [6.07, 6.45) is 2.23. The molecule has 5 heteroatoms. The summed E-state index contributed by atoms with van der Waals surface area (Å²) in [5.74, 6) is 0.0117. The molecule has 2 aromatic rings. The lowest BCUT2D eigenvalue weighted by molar-refractivity contribution is 0.625. The molecule has 94 valence electrons. The van der Waals surface area contributed by atoms with Crippen molar-refractivity contribution in [2.75, 3.05) is 5.73 Å². The van der Waals surface area contributed by atoms with Crippen molar-refractivity contribution in [3.8, 4) is 0 Å². The fourth-order valence-electron chi connectivity index (χ4n) is 1.74. The summed E-state index contributed by atoms with van der Waals surface area (Å²) in [5, 5.41) is 0.0807. The Labute approximate surface area is 110 Å². The van der Waals surface area contributed by atoms with Crippen molar-refractivity contribution >= 4 is 17.4 Å². The number of nitrogens with two attached hydrogens (primary N) is 2. The Bertz CT molecular complexity index is 560. The zero-order valence-electron chi connectivity index (χ0n) is 9.61. The van der Waals surface area contributed by atoms with Gasteiger partial charge in [-0.25, -0.2) is 9.37 Å². The lowest BCUT2D eigenvalue weighted by atomic mass is 10.0. The molecule has 1 aromatic heterocycles. The van der Waals surface area contributed by atoms with E-state index in [9.17, 15) is 4.39 Å². The van der Waals surface area contributed by atoms with E-state index in [2.05, 4.69) is 4.98 Å². The predicted octanol–water partition coefficient (Wildman–Crippen LogP) is 2.70. The number of rotatable bonds is 3. The zero-order chi connectivity index (χ0) is 13.1. The lowest BCUT2D eigenvalue weighted by Crippen LogP contribution is -2.13. The summed E-state index contributed by atoms with van der Waals surface area (Å²) < 4.78 is 13.0. The molecular weight excluding hydrogens is 253 g/mol. The van der Waals surface area contributed by atoms with Gasteiger partial charge in [0.1, 0.15) is 11.6 Å². The van der Waals surface area contributed by atoms with Crippen molar-refractivity contribution < 1.29 is 4.39 Å². The quantitative estimate of drug-likeness (QED) is 0.897. The van der Waals surface area contributed by atoms with Gasteiger partial charge in [-0.3, -0.25) is 0 Å². The highest BCUT2D eigenvalue weighted by Crippen LogP contribution is 2.22. The second-order valence-electron chi connectivity index (χ2n) is 4.07. The van der Waals surface area contributed by atoms with Crippen molar-refractivity contribution in [2.24, 2.45) is 5.73 Å². The Balaban J connectivity index is 2.16. The highest BCUT2D eigenvalue weighted by molar-refractivity contribution is 6.30. The first-order valence-corrected chi connectivity index (χ1v) is 5.85. The van der Waals surface area contributed by atoms with Crippen molar-refractivity contribution in [1.29, 1.82) is 0 Å². The minimum absolute atomic E-state index is 0.0807. The Kier molecular flexibility index (Phi) is 3.79. The Morgan fingerprint density at radius 1 is 1.28 bits per heavy atom. The Hall–Kier alpha value is -1.65. The van der Waals surface area contributed by atoms with Crippen LogP contribution in [0.3, 0.4) is 0 Å². The molecule has 1 heterocycles. The van der Waals surface area contributed by atoms with Crippen LogP contribution in [0.2, 0.25) is 5.02 Å². The van der Waals surface area contributed by atoms with E-state index < -0.39 is 5.82 Å². The molecule has 0 aliphatic rings. The van der Waals surface area contributed by atoms with Crippen LogP contribution in [0.4, 0.5) is 10.2 Å². The summed E-state index contributed by atoms with van der Waals surface area (Å²) in [6, 6.07) is 7.86. The smallest absolute Gasteiger partial charge is 0.141 e. The monoisotopic (exact) mass is 265 g/mol. The molecule has 0 aliphatic heterocycles. The van der Waals surface area contributed by atoms with Gasteiger partial charge in [0.2, 0.25) is 0 Å². The van der Waals surface area contributed by atoms with Crippen LogP contribution in [0.5, 0.6) is 0 Å². The maximum Gasteiger partial charge on any atom is 0.141 e. The van der Waals surface area contributed by atoms with E-state index in [0.717, 1.165) is 11.1 Å². The van der Waals surface area contributed by atoms with E-state index in [1.54, 1.807) is 24.4 Å². The van der Waals surface area contributed by atoms with E-state index in [0.29, 0.717) is 12.2 Å². The summed E-state index contributed by atoms with van der Waals surface area (Å²) in [6.45, 7) is 0. The molecule has 1 atom stereocenters. The van der Waals surface area contributed by atoms with E-state index in [4.69, 9.17) is 23.1 Å². The molecule has 18 heavy (non-hydrogen) atoms. The number of nitrogens with zero attached hydrogens (tertiary/aromatic N) is 1. The number of halogens is 2. The van der Waals surface area contributed by atoms with E-state index in [-0.39, 0.29) is 11.1 Å². The van der Waals surface area contributed by atoms with Crippen molar-refractivity contribution in [2.45, 2.75) is 12.5 Å². The molecule has 4 N–H and O–H groups in total. The summed E-state index contributed by atoms with van der Waals surface area (Å²) >= 11 is 5.73. The lowest BCUT2D eigenvalue weighted by Gasteiger charge is -2.13. The van der Waals surface area contributed by atoms with E-state index >= 15 is 0 Å². The second-order valence-corrected chi connectivity index (χ2v) is 4.48. The largest absolute Gasteiger partial charge is 0.384 e.